The first-order valence-corrected chi connectivity index (χ1v) is 9.85. The summed E-state index contributed by atoms with van der Waals surface area (Å²) in [5.74, 6) is 0.735. The molecular weight excluding hydrogens is 376 g/mol. The van der Waals surface area contributed by atoms with E-state index in [0.717, 1.165) is 15.4 Å². The van der Waals surface area contributed by atoms with Gasteiger partial charge in [0.05, 0.1) is 18.9 Å². The number of morpholine rings is 1. The molecule has 6 nitrogen and oxygen atoms in total. The van der Waals surface area contributed by atoms with Gasteiger partial charge < -0.3 is 19.3 Å². The number of likely N-dealkylation sites (N-methyl/N-ethyl adjacent to an activating group) is 1. The number of fused-ring (bicyclic) bond motifs is 1. The van der Waals surface area contributed by atoms with E-state index in [1.165, 1.54) is 11.3 Å². The molecule has 1 fully saturated rings. The normalized spacial score (nSPS) is 18.5. The van der Waals surface area contributed by atoms with Crippen LogP contribution in [0.15, 0.2) is 48.2 Å². The van der Waals surface area contributed by atoms with Crippen LogP contribution < -0.4 is 9.64 Å². The predicted octanol–water partition coefficient (Wildman–Crippen LogP) is 3.02. The average molecular weight is 396 g/mol. The first-order chi connectivity index (χ1) is 13.6. The summed E-state index contributed by atoms with van der Waals surface area (Å²) >= 11 is 1.49. The quantitative estimate of drug-likeness (QED) is 0.749. The number of hydrogen-bond acceptors (Lipinski definition) is 5. The van der Waals surface area contributed by atoms with Crippen LogP contribution in [0.3, 0.4) is 0 Å². The van der Waals surface area contributed by atoms with E-state index in [-0.39, 0.29) is 17.6 Å². The minimum Gasteiger partial charge on any atom is -0.449 e. The number of nitrogens with zero attached hydrogens (tertiary/aromatic N) is 2. The van der Waals surface area contributed by atoms with Gasteiger partial charge in [-0.15, -0.1) is 11.3 Å². The highest BCUT2D eigenvalue weighted by atomic mass is 32.1. The number of thiophene rings is 1. The lowest BCUT2D eigenvalue weighted by molar-refractivity contribution is -0.129. The molecule has 0 bridgehead atoms. The Morgan fingerprint density at radius 3 is 2.68 bits per heavy atom. The van der Waals surface area contributed by atoms with Gasteiger partial charge in [-0.25, -0.2) is 0 Å². The summed E-state index contributed by atoms with van der Waals surface area (Å²) in [5.41, 5.74) is 0.751. The lowest BCUT2D eigenvalue weighted by Gasteiger charge is -2.27. The summed E-state index contributed by atoms with van der Waals surface area (Å²) < 4.78 is 11.1. The van der Waals surface area contributed by atoms with Crippen molar-refractivity contribution in [1.82, 2.24) is 4.90 Å². The van der Waals surface area contributed by atoms with Crippen LogP contribution in [0.2, 0.25) is 0 Å². The maximum atomic E-state index is 12.6. The Morgan fingerprint density at radius 2 is 1.86 bits per heavy atom. The second kappa shape index (κ2) is 8.00. The van der Waals surface area contributed by atoms with Crippen molar-refractivity contribution in [3.63, 3.8) is 0 Å². The fraction of sp³-hybridized carbons (Fsp3) is 0.238. The zero-order valence-corrected chi connectivity index (χ0v) is 16.3. The molecule has 0 atom stereocenters. The van der Waals surface area contributed by atoms with E-state index in [2.05, 4.69) is 0 Å². The summed E-state index contributed by atoms with van der Waals surface area (Å²) in [5, 5.41) is 0. The molecule has 0 radical (unpaired) electrons. The van der Waals surface area contributed by atoms with Crippen molar-refractivity contribution in [3.05, 3.63) is 58.0 Å². The Hall–Kier alpha value is -2.90. The van der Waals surface area contributed by atoms with Crippen LogP contribution in [0.1, 0.15) is 9.75 Å². The van der Waals surface area contributed by atoms with Crippen LogP contribution in [0.25, 0.3) is 12.2 Å². The summed E-state index contributed by atoms with van der Waals surface area (Å²) in [6.07, 6.45) is 5.12. The van der Waals surface area contributed by atoms with Crippen LogP contribution >= 0.6 is 11.3 Å². The molecule has 0 aliphatic carbocycles. The standard InChI is InChI=1S/C21H20N2O4S/c1-22-17-4-2-3-5-18(17)27-19(21(22)25)14-16-7-6-15(28-16)8-9-20(24)23-10-12-26-13-11-23/h2-9,14H,10-13H2,1H3/b9-8+,19-14-. The number of anilines is 1. The Bertz CT molecular complexity index is 957. The van der Waals surface area contributed by atoms with Crippen molar-refractivity contribution >= 4 is 41.0 Å². The summed E-state index contributed by atoms with van der Waals surface area (Å²) in [6, 6.07) is 11.3. The fourth-order valence-electron chi connectivity index (χ4n) is 3.06. The van der Waals surface area contributed by atoms with Crippen molar-refractivity contribution in [2.24, 2.45) is 0 Å². The van der Waals surface area contributed by atoms with Crippen molar-refractivity contribution in [1.29, 1.82) is 0 Å². The number of amides is 2. The number of rotatable bonds is 3. The Kier molecular flexibility index (Phi) is 5.27. The molecule has 0 spiro atoms. The Balaban J connectivity index is 1.48. The highest BCUT2D eigenvalue weighted by molar-refractivity contribution is 7.13. The number of hydrogen-bond donors (Lipinski definition) is 0. The minimum absolute atomic E-state index is 0.0133. The first-order valence-electron chi connectivity index (χ1n) is 9.03. The van der Waals surface area contributed by atoms with Gasteiger partial charge >= 0.3 is 0 Å². The van der Waals surface area contributed by atoms with Crippen LogP contribution in [0.5, 0.6) is 5.75 Å². The van der Waals surface area contributed by atoms with E-state index in [9.17, 15) is 9.59 Å². The average Bonchev–Trinajstić information content (AvgIpc) is 3.18. The maximum Gasteiger partial charge on any atom is 0.293 e. The number of carbonyl (C=O) groups is 2. The SMILES string of the molecule is CN1C(=O)/C(=C/c2ccc(/C=C/C(=O)N3CCOCC3)s2)Oc2ccccc21. The monoisotopic (exact) mass is 396 g/mol. The van der Waals surface area contributed by atoms with Gasteiger partial charge in [-0.1, -0.05) is 12.1 Å². The van der Waals surface area contributed by atoms with Gasteiger partial charge in [0.25, 0.3) is 5.91 Å². The second-order valence-corrected chi connectivity index (χ2v) is 7.60. The Morgan fingerprint density at radius 1 is 1.11 bits per heavy atom. The van der Waals surface area contributed by atoms with Crippen LogP contribution in [-0.2, 0) is 14.3 Å². The van der Waals surface area contributed by atoms with E-state index in [1.807, 2.05) is 36.4 Å². The molecule has 0 unspecified atom stereocenters. The highest BCUT2D eigenvalue weighted by Crippen LogP contribution is 2.35. The number of benzene rings is 1. The largest absolute Gasteiger partial charge is 0.449 e. The molecule has 144 valence electrons. The zero-order chi connectivity index (χ0) is 19.5. The molecule has 0 saturated carbocycles. The first kappa shape index (κ1) is 18.5. The fourth-order valence-corrected chi connectivity index (χ4v) is 3.90. The third-order valence-corrected chi connectivity index (χ3v) is 5.59. The van der Waals surface area contributed by atoms with Gasteiger partial charge in [-0.05, 0) is 30.3 Å². The Labute approximate surface area is 167 Å². The third kappa shape index (κ3) is 3.85. The van der Waals surface area contributed by atoms with Crippen molar-refractivity contribution < 1.29 is 19.1 Å². The lowest BCUT2D eigenvalue weighted by Crippen LogP contribution is -2.39. The third-order valence-electron chi connectivity index (χ3n) is 4.60. The number of para-hydroxylation sites is 2. The van der Waals surface area contributed by atoms with Gasteiger partial charge in [0.15, 0.2) is 11.5 Å². The maximum absolute atomic E-state index is 12.6. The minimum atomic E-state index is -0.188. The van der Waals surface area contributed by atoms with Gasteiger partial charge in [-0.3, -0.25) is 9.59 Å². The molecule has 1 saturated heterocycles. The van der Waals surface area contributed by atoms with Crippen LogP contribution in [0, 0.1) is 0 Å². The number of carbonyl (C=O) groups excluding carboxylic acids is 2. The second-order valence-electron chi connectivity index (χ2n) is 6.45. The molecule has 7 heteroatoms. The molecule has 3 heterocycles. The molecule has 28 heavy (non-hydrogen) atoms. The van der Waals surface area contributed by atoms with E-state index < -0.39 is 0 Å². The van der Waals surface area contributed by atoms with Crippen molar-refractivity contribution in [2.45, 2.75) is 0 Å². The molecule has 4 rings (SSSR count). The van der Waals surface area contributed by atoms with Gasteiger partial charge in [0.2, 0.25) is 5.91 Å². The molecule has 2 aromatic rings. The van der Waals surface area contributed by atoms with Crippen LogP contribution in [0.4, 0.5) is 5.69 Å². The van der Waals surface area contributed by atoms with Crippen molar-refractivity contribution in [2.75, 3.05) is 38.3 Å². The smallest absolute Gasteiger partial charge is 0.293 e. The van der Waals surface area contributed by atoms with Gasteiger partial charge in [-0.2, -0.15) is 0 Å². The zero-order valence-electron chi connectivity index (χ0n) is 15.5. The van der Waals surface area contributed by atoms with Gasteiger partial charge in [0, 0.05) is 42.0 Å². The highest BCUT2D eigenvalue weighted by Gasteiger charge is 2.27. The van der Waals surface area contributed by atoms with Crippen LogP contribution in [-0.4, -0.2) is 50.1 Å². The molecule has 1 aromatic heterocycles. The topological polar surface area (TPSA) is 59.1 Å². The molecule has 2 aliphatic heterocycles. The van der Waals surface area contributed by atoms with Crippen molar-refractivity contribution in [3.8, 4) is 5.75 Å². The summed E-state index contributed by atoms with van der Waals surface area (Å²) in [7, 11) is 1.73. The molecular formula is C21H20N2O4S. The predicted molar refractivity (Wildman–Crippen MR) is 109 cm³/mol. The molecule has 2 aliphatic rings. The summed E-state index contributed by atoms with van der Waals surface area (Å²) in [4.78, 5) is 29.9. The lowest BCUT2D eigenvalue weighted by atomic mass is 10.2. The van der Waals surface area contributed by atoms with E-state index in [0.29, 0.717) is 32.1 Å². The van der Waals surface area contributed by atoms with E-state index in [4.69, 9.17) is 9.47 Å². The summed E-state index contributed by atoms with van der Waals surface area (Å²) in [6.45, 7) is 2.42. The van der Waals surface area contributed by atoms with Gasteiger partial charge in [0.1, 0.15) is 0 Å². The van der Waals surface area contributed by atoms with E-state index in [1.54, 1.807) is 35.1 Å². The molecule has 2 amide bonds. The molecule has 1 aromatic carbocycles. The number of ether oxygens (including phenoxy) is 2. The van der Waals surface area contributed by atoms with E-state index >= 15 is 0 Å². The molecule has 0 N–H and O–H groups in total.